The third-order valence-corrected chi connectivity index (χ3v) is 4.23. The normalized spacial score (nSPS) is 10.5. The maximum atomic E-state index is 12.1. The minimum atomic E-state index is -0.609. The Balaban J connectivity index is 1.73. The van der Waals surface area contributed by atoms with Gasteiger partial charge in [-0.25, -0.2) is 4.79 Å². The lowest BCUT2D eigenvalue weighted by Crippen LogP contribution is -2.35. The summed E-state index contributed by atoms with van der Waals surface area (Å²) in [4.78, 5) is 36.0. The molecule has 160 valence electrons. The van der Waals surface area contributed by atoms with Crippen LogP contribution in [0.5, 0.6) is 0 Å². The van der Waals surface area contributed by atoms with Crippen molar-refractivity contribution < 1.29 is 23.9 Å². The number of carbonyl (C=O) groups excluding carboxylic acids is 3. The molecule has 2 aromatic carbocycles. The summed E-state index contributed by atoms with van der Waals surface area (Å²) >= 11 is 0. The largest absolute Gasteiger partial charge is 0.452 e. The number of nitrogens with one attached hydrogen (secondary N) is 2. The molecule has 0 heterocycles. The van der Waals surface area contributed by atoms with E-state index in [1.165, 1.54) is 0 Å². The number of carbonyl (C=O) groups is 3. The van der Waals surface area contributed by atoms with Crippen LogP contribution in [0.2, 0.25) is 0 Å². The smallest absolute Gasteiger partial charge is 0.338 e. The fourth-order valence-electron chi connectivity index (χ4n) is 2.59. The van der Waals surface area contributed by atoms with Crippen molar-refractivity contribution in [3.8, 4) is 0 Å². The van der Waals surface area contributed by atoms with Gasteiger partial charge in [-0.1, -0.05) is 37.3 Å². The second-order valence-electron chi connectivity index (χ2n) is 6.97. The second kappa shape index (κ2) is 11.7. The van der Waals surface area contributed by atoms with Crippen molar-refractivity contribution >= 4 is 23.5 Å². The molecule has 2 aromatic rings. The van der Waals surface area contributed by atoms with Gasteiger partial charge in [0.15, 0.2) is 6.61 Å². The molecule has 7 heteroatoms. The summed E-state index contributed by atoms with van der Waals surface area (Å²) in [6.07, 6.45) is 0.904. The van der Waals surface area contributed by atoms with Gasteiger partial charge in [0, 0.05) is 5.69 Å². The topological polar surface area (TPSA) is 93.7 Å². The van der Waals surface area contributed by atoms with Gasteiger partial charge < -0.3 is 20.1 Å². The molecule has 7 nitrogen and oxygen atoms in total. The van der Waals surface area contributed by atoms with Crippen molar-refractivity contribution in [2.24, 2.45) is 0 Å². The Hall–Kier alpha value is -3.19. The molecule has 0 saturated carbocycles. The number of anilines is 1. The van der Waals surface area contributed by atoms with Gasteiger partial charge in [0.2, 0.25) is 5.91 Å². The molecule has 0 atom stereocenters. The van der Waals surface area contributed by atoms with Gasteiger partial charge in [0.05, 0.1) is 24.8 Å². The molecule has 2 rings (SSSR count). The quantitative estimate of drug-likeness (QED) is 0.585. The van der Waals surface area contributed by atoms with E-state index in [1.807, 2.05) is 39.0 Å². The van der Waals surface area contributed by atoms with Crippen LogP contribution in [-0.2, 0) is 32.1 Å². The third-order valence-electron chi connectivity index (χ3n) is 4.23. The molecule has 0 fully saturated rings. The maximum absolute atomic E-state index is 12.1. The number of hydrogen-bond donors (Lipinski definition) is 2. The van der Waals surface area contributed by atoms with Crippen molar-refractivity contribution in [3.63, 3.8) is 0 Å². The summed E-state index contributed by atoms with van der Waals surface area (Å²) in [7, 11) is 0. The molecule has 0 bridgehead atoms. The average molecular weight is 412 g/mol. The Labute approximate surface area is 176 Å². The number of esters is 1. The Morgan fingerprint density at radius 1 is 0.967 bits per heavy atom. The van der Waals surface area contributed by atoms with Crippen LogP contribution < -0.4 is 10.6 Å². The van der Waals surface area contributed by atoms with Gasteiger partial charge in [-0.05, 0) is 49.6 Å². The van der Waals surface area contributed by atoms with E-state index in [2.05, 4.69) is 10.6 Å². The molecule has 0 saturated heterocycles. The monoisotopic (exact) mass is 412 g/mol. The van der Waals surface area contributed by atoms with Gasteiger partial charge in [-0.2, -0.15) is 0 Å². The zero-order valence-corrected chi connectivity index (χ0v) is 17.6. The highest BCUT2D eigenvalue weighted by Crippen LogP contribution is 2.15. The molecular weight excluding hydrogens is 384 g/mol. The van der Waals surface area contributed by atoms with Crippen molar-refractivity contribution in [1.82, 2.24) is 5.32 Å². The first-order chi connectivity index (χ1) is 14.4. The Morgan fingerprint density at radius 3 is 2.33 bits per heavy atom. The molecular formula is C23H28N2O5. The lowest BCUT2D eigenvalue weighted by atomic mass is 10.1. The Bertz CT molecular complexity index is 862. The van der Waals surface area contributed by atoms with Crippen molar-refractivity contribution in [1.29, 1.82) is 0 Å². The fraction of sp³-hybridized carbons (Fsp3) is 0.348. The maximum Gasteiger partial charge on any atom is 0.338 e. The van der Waals surface area contributed by atoms with Crippen LogP contribution in [0.1, 0.15) is 42.3 Å². The van der Waals surface area contributed by atoms with E-state index in [4.69, 9.17) is 9.47 Å². The Kier molecular flexibility index (Phi) is 9.03. The highest BCUT2D eigenvalue weighted by molar-refractivity contribution is 5.96. The molecule has 30 heavy (non-hydrogen) atoms. The zero-order valence-electron chi connectivity index (χ0n) is 17.6. The fourth-order valence-corrected chi connectivity index (χ4v) is 2.59. The molecule has 0 spiro atoms. The van der Waals surface area contributed by atoms with E-state index < -0.39 is 18.5 Å². The molecule has 0 radical (unpaired) electrons. The summed E-state index contributed by atoms with van der Waals surface area (Å²) in [6, 6.07) is 14.3. The number of aryl methyl sites for hydroxylation is 1. The molecule has 2 amide bonds. The van der Waals surface area contributed by atoms with Crippen LogP contribution in [-0.4, -0.2) is 37.0 Å². The van der Waals surface area contributed by atoms with E-state index in [1.54, 1.807) is 30.3 Å². The molecule has 0 aliphatic heterocycles. The zero-order chi connectivity index (χ0) is 21.9. The minimum absolute atomic E-state index is 0.122. The first-order valence-corrected chi connectivity index (χ1v) is 9.91. The lowest BCUT2D eigenvalue weighted by Gasteiger charge is -2.10. The third kappa shape index (κ3) is 7.67. The van der Waals surface area contributed by atoms with Gasteiger partial charge in [-0.3, -0.25) is 9.59 Å². The summed E-state index contributed by atoms with van der Waals surface area (Å²) in [6.45, 7) is 5.68. The van der Waals surface area contributed by atoms with Crippen molar-refractivity contribution in [2.45, 2.75) is 39.9 Å². The minimum Gasteiger partial charge on any atom is -0.452 e. The molecule has 0 aromatic heterocycles. The standard InChI is InChI=1S/C23H28N2O5/c1-4-18-7-5-6-8-20(18)25-21(26)13-24-22(27)15-30-23(28)19-11-9-17(10-12-19)14-29-16(2)3/h5-12,16H,4,13-15H2,1-3H3,(H,24,27)(H,25,26). The summed E-state index contributed by atoms with van der Waals surface area (Å²) in [5.41, 5.74) is 3.00. The van der Waals surface area contributed by atoms with E-state index in [0.29, 0.717) is 17.9 Å². The van der Waals surface area contributed by atoms with Gasteiger partial charge in [0.1, 0.15) is 0 Å². The second-order valence-corrected chi connectivity index (χ2v) is 6.97. The molecule has 2 N–H and O–H groups in total. The summed E-state index contributed by atoms with van der Waals surface area (Å²) < 4.78 is 10.5. The van der Waals surface area contributed by atoms with Gasteiger partial charge >= 0.3 is 5.97 Å². The number of rotatable bonds is 10. The SMILES string of the molecule is CCc1ccccc1NC(=O)CNC(=O)COC(=O)c1ccc(COC(C)C)cc1. The molecule has 0 aliphatic carbocycles. The van der Waals surface area contributed by atoms with Crippen molar-refractivity contribution in [3.05, 3.63) is 65.2 Å². The highest BCUT2D eigenvalue weighted by atomic mass is 16.5. The van der Waals surface area contributed by atoms with Crippen LogP contribution >= 0.6 is 0 Å². The average Bonchev–Trinajstić information content (AvgIpc) is 2.75. The summed E-state index contributed by atoms with van der Waals surface area (Å²) in [5, 5.41) is 5.20. The lowest BCUT2D eigenvalue weighted by molar-refractivity contribution is -0.126. The first-order valence-electron chi connectivity index (χ1n) is 9.91. The number of hydrogen-bond acceptors (Lipinski definition) is 5. The van der Waals surface area contributed by atoms with Crippen LogP contribution in [0.4, 0.5) is 5.69 Å². The Morgan fingerprint density at radius 2 is 1.67 bits per heavy atom. The number of amides is 2. The number of para-hydroxylation sites is 1. The van der Waals surface area contributed by atoms with E-state index in [0.717, 1.165) is 17.5 Å². The van der Waals surface area contributed by atoms with Crippen LogP contribution in [0.25, 0.3) is 0 Å². The van der Waals surface area contributed by atoms with E-state index in [9.17, 15) is 14.4 Å². The number of ether oxygens (including phenoxy) is 2. The first kappa shape index (κ1) is 23.1. The van der Waals surface area contributed by atoms with Crippen LogP contribution in [0, 0.1) is 0 Å². The van der Waals surface area contributed by atoms with Crippen LogP contribution in [0.15, 0.2) is 48.5 Å². The highest BCUT2D eigenvalue weighted by Gasteiger charge is 2.12. The predicted molar refractivity (Wildman–Crippen MR) is 114 cm³/mol. The number of benzene rings is 2. The van der Waals surface area contributed by atoms with Gasteiger partial charge in [0.25, 0.3) is 5.91 Å². The van der Waals surface area contributed by atoms with Crippen LogP contribution in [0.3, 0.4) is 0 Å². The van der Waals surface area contributed by atoms with Gasteiger partial charge in [-0.15, -0.1) is 0 Å². The molecule has 0 unspecified atom stereocenters. The van der Waals surface area contributed by atoms with E-state index >= 15 is 0 Å². The predicted octanol–water partition coefficient (Wildman–Crippen LogP) is 3.09. The molecule has 0 aliphatic rings. The van der Waals surface area contributed by atoms with E-state index in [-0.39, 0.29) is 18.6 Å². The van der Waals surface area contributed by atoms with Crippen molar-refractivity contribution in [2.75, 3.05) is 18.5 Å². The summed E-state index contributed by atoms with van der Waals surface area (Å²) in [5.74, 6) is -1.51.